The number of carboxylic acids is 4. The molecule has 0 heterocycles. The van der Waals surface area contributed by atoms with Crippen molar-refractivity contribution < 1.29 is 39.6 Å². The number of hydrogen-bond acceptors (Lipinski definition) is 4. The van der Waals surface area contributed by atoms with Crippen molar-refractivity contribution in [2.24, 2.45) is 33.0 Å². The summed E-state index contributed by atoms with van der Waals surface area (Å²) >= 11 is 0. The number of hydrogen-bond donors (Lipinski definition) is 4. The van der Waals surface area contributed by atoms with Crippen LogP contribution in [0.25, 0.3) is 0 Å². The maximum Gasteiger partial charge on any atom is 0.309 e. The van der Waals surface area contributed by atoms with Crippen molar-refractivity contribution in [1.82, 2.24) is 0 Å². The Labute approximate surface area is 355 Å². The monoisotopic (exact) mass is 819 g/mol. The van der Waals surface area contributed by atoms with Gasteiger partial charge in [0.05, 0.1) is 21.7 Å². The van der Waals surface area contributed by atoms with Gasteiger partial charge in [0, 0.05) is 0 Å². The van der Waals surface area contributed by atoms with Gasteiger partial charge in [-0.1, -0.05) is 87.3 Å². The molecule has 2 fully saturated rings. The average Bonchev–Trinajstić information content (AvgIpc) is 4.07. The van der Waals surface area contributed by atoms with Crippen molar-refractivity contribution in [2.75, 3.05) is 0 Å². The van der Waals surface area contributed by atoms with Gasteiger partial charge in [0.1, 0.15) is 0 Å². The highest BCUT2D eigenvalue weighted by Crippen LogP contribution is 2.58. The van der Waals surface area contributed by atoms with E-state index in [0.29, 0.717) is 25.7 Å². The van der Waals surface area contributed by atoms with E-state index in [1.54, 1.807) is 13.8 Å². The van der Waals surface area contributed by atoms with Crippen LogP contribution in [-0.2, 0) is 38.4 Å². The third-order valence-electron chi connectivity index (χ3n) is 14.9. The van der Waals surface area contributed by atoms with Crippen molar-refractivity contribution in [2.45, 2.75) is 203 Å². The second-order valence-electron chi connectivity index (χ2n) is 21.1. The standard InChI is InChI=1S/C51H78O8/c1-35-31-37(19-11-9-15-26-50(29-30-50)45(56)57)41(21-13-17-24-48(5,6)43(52)53)38(32-35)33-39-34-51(39,46(58)59)27-16-10-12-20-40-36(2)23-28-47(3,4)42(40)22-14-18-25-49(7,8)44(54)55/h23,31-32,39H,9-22,24-30,33-34H2,1-8H3,(H,52,53)(H,54,55)(H,56,57)(H,58,59). The van der Waals surface area contributed by atoms with E-state index in [4.69, 9.17) is 0 Å². The Morgan fingerprint density at radius 3 is 1.76 bits per heavy atom. The molecule has 3 aliphatic carbocycles. The van der Waals surface area contributed by atoms with Crippen molar-refractivity contribution in [1.29, 1.82) is 0 Å². The van der Waals surface area contributed by atoms with Gasteiger partial charge >= 0.3 is 23.9 Å². The van der Waals surface area contributed by atoms with E-state index in [2.05, 4.69) is 45.9 Å². The lowest BCUT2D eigenvalue weighted by Gasteiger charge is -2.35. The minimum atomic E-state index is -0.776. The Hall–Kier alpha value is -3.42. The van der Waals surface area contributed by atoms with Crippen molar-refractivity contribution in [3.05, 3.63) is 57.2 Å². The fourth-order valence-corrected chi connectivity index (χ4v) is 9.97. The molecule has 3 aliphatic rings. The lowest BCUT2D eigenvalue weighted by Crippen LogP contribution is -2.23. The molecule has 2 atom stereocenters. The highest BCUT2D eigenvalue weighted by atomic mass is 16.4. The molecule has 2 saturated carbocycles. The van der Waals surface area contributed by atoms with Crippen LogP contribution in [0, 0.1) is 39.9 Å². The van der Waals surface area contributed by atoms with Gasteiger partial charge in [-0.2, -0.15) is 0 Å². The van der Waals surface area contributed by atoms with E-state index >= 15 is 0 Å². The maximum atomic E-state index is 12.9. The van der Waals surface area contributed by atoms with Gasteiger partial charge in [0.15, 0.2) is 0 Å². The molecule has 0 bridgehead atoms. The average molecular weight is 819 g/mol. The molecule has 8 heteroatoms. The van der Waals surface area contributed by atoms with Crippen LogP contribution in [0.15, 0.2) is 34.9 Å². The summed E-state index contributed by atoms with van der Waals surface area (Å²) in [4.78, 5) is 48.0. The van der Waals surface area contributed by atoms with Crippen LogP contribution in [0.5, 0.6) is 0 Å². The number of aryl methyl sites for hydroxylation is 2. The smallest absolute Gasteiger partial charge is 0.309 e. The van der Waals surface area contributed by atoms with Gasteiger partial charge in [-0.05, 0) is 184 Å². The zero-order valence-corrected chi connectivity index (χ0v) is 38.0. The summed E-state index contributed by atoms with van der Waals surface area (Å²) < 4.78 is 0. The first-order chi connectivity index (χ1) is 27.6. The highest BCUT2D eigenvalue weighted by Gasteiger charge is 2.59. The van der Waals surface area contributed by atoms with Crippen LogP contribution in [0.1, 0.15) is 199 Å². The second-order valence-corrected chi connectivity index (χ2v) is 21.1. The number of allylic oxidation sites excluding steroid dienone is 4. The number of benzene rings is 1. The van der Waals surface area contributed by atoms with Crippen molar-refractivity contribution in [3.63, 3.8) is 0 Å². The number of unbranched alkanes of at least 4 members (excludes halogenated alkanes) is 6. The Kier molecular flexibility index (Phi) is 16.3. The molecule has 0 spiro atoms. The molecular weight excluding hydrogens is 741 g/mol. The molecule has 1 aromatic rings. The first-order valence-corrected chi connectivity index (χ1v) is 23.0. The summed E-state index contributed by atoms with van der Waals surface area (Å²) in [6.45, 7) is 16.2. The molecule has 0 saturated heterocycles. The summed E-state index contributed by atoms with van der Waals surface area (Å²) in [6, 6.07) is 4.54. The predicted molar refractivity (Wildman–Crippen MR) is 236 cm³/mol. The highest BCUT2D eigenvalue weighted by molar-refractivity contribution is 5.79. The molecule has 0 aliphatic heterocycles. The minimum Gasteiger partial charge on any atom is -0.481 e. The van der Waals surface area contributed by atoms with Gasteiger partial charge in [-0.3, -0.25) is 19.2 Å². The third-order valence-corrected chi connectivity index (χ3v) is 14.9. The third kappa shape index (κ3) is 12.8. The molecule has 4 N–H and O–H groups in total. The molecule has 59 heavy (non-hydrogen) atoms. The summed E-state index contributed by atoms with van der Waals surface area (Å²) in [7, 11) is 0. The maximum absolute atomic E-state index is 12.9. The van der Waals surface area contributed by atoms with Crippen LogP contribution in [-0.4, -0.2) is 44.3 Å². The zero-order chi connectivity index (χ0) is 43.8. The first-order valence-electron chi connectivity index (χ1n) is 23.0. The Morgan fingerprint density at radius 2 is 1.20 bits per heavy atom. The Morgan fingerprint density at radius 1 is 0.661 bits per heavy atom. The summed E-state index contributed by atoms with van der Waals surface area (Å²) in [5.41, 5.74) is 6.82. The fraction of sp³-hybridized carbons (Fsp3) is 0.725. The Balaban J connectivity index is 1.38. The Bertz CT molecular complexity index is 1740. The molecule has 8 nitrogen and oxygen atoms in total. The van der Waals surface area contributed by atoms with E-state index in [1.165, 1.54) is 39.0 Å². The van der Waals surface area contributed by atoms with Gasteiger partial charge < -0.3 is 20.4 Å². The largest absolute Gasteiger partial charge is 0.481 e. The summed E-state index contributed by atoms with van der Waals surface area (Å²) in [6.07, 6.45) is 22.2. The van der Waals surface area contributed by atoms with Crippen LogP contribution < -0.4 is 0 Å². The van der Waals surface area contributed by atoms with Crippen LogP contribution in [0.4, 0.5) is 0 Å². The van der Waals surface area contributed by atoms with E-state index in [-0.39, 0.29) is 11.3 Å². The zero-order valence-electron chi connectivity index (χ0n) is 38.0. The van der Waals surface area contributed by atoms with Crippen LogP contribution in [0.2, 0.25) is 0 Å². The molecule has 330 valence electrons. The minimum absolute atomic E-state index is 0.0801. The summed E-state index contributed by atoms with van der Waals surface area (Å²) in [5, 5.41) is 39.4. The lowest BCUT2D eigenvalue weighted by atomic mass is 9.70. The number of rotatable bonds is 28. The predicted octanol–water partition coefficient (Wildman–Crippen LogP) is 12.7. The van der Waals surface area contributed by atoms with E-state index in [9.17, 15) is 39.6 Å². The first kappa shape index (κ1) is 48.2. The number of carbonyl (C=O) groups is 4. The fourth-order valence-electron chi connectivity index (χ4n) is 9.97. The van der Waals surface area contributed by atoms with Gasteiger partial charge in [0.25, 0.3) is 0 Å². The quantitative estimate of drug-likeness (QED) is 0.0611. The number of aliphatic carboxylic acids is 4. The molecule has 2 unspecified atom stereocenters. The van der Waals surface area contributed by atoms with Gasteiger partial charge in [-0.25, -0.2) is 0 Å². The van der Waals surface area contributed by atoms with Crippen LogP contribution >= 0.6 is 0 Å². The molecule has 0 amide bonds. The van der Waals surface area contributed by atoms with Crippen molar-refractivity contribution >= 4 is 23.9 Å². The van der Waals surface area contributed by atoms with E-state index < -0.39 is 45.5 Å². The molecule has 0 radical (unpaired) electrons. The topological polar surface area (TPSA) is 149 Å². The number of carboxylic acid groups (broad SMARTS) is 4. The molecular formula is C51H78O8. The lowest BCUT2D eigenvalue weighted by molar-refractivity contribution is -0.148. The van der Waals surface area contributed by atoms with Gasteiger partial charge in [0.2, 0.25) is 0 Å². The molecule has 1 aromatic carbocycles. The second kappa shape index (κ2) is 20.0. The molecule has 0 aromatic heterocycles. The van der Waals surface area contributed by atoms with E-state index in [1.807, 2.05) is 13.8 Å². The SMILES string of the molecule is CC1=CCC(C)(C)C(CCCCC(C)(C)C(=O)O)=C1CCCCCC1(C(=O)O)CC1Cc1cc(C)cc(CCCCCC2(C(=O)O)CC2)c1CCCCC(C)(C)C(=O)O. The van der Waals surface area contributed by atoms with Crippen molar-refractivity contribution in [3.8, 4) is 0 Å². The normalized spacial score (nSPS) is 20.9. The van der Waals surface area contributed by atoms with E-state index in [0.717, 1.165) is 122 Å². The van der Waals surface area contributed by atoms with Gasteiger partial charge in [-0.15, -0.1) is 0 Å². The summed E-state index contributed by atoms with van der Waals surface area (Å²) in [5.74, 6) is -2.75. The molecule has 4 rings (SSSR count). The van der Waals surface area contributed by atoms with Crippen LogP contribution in [0.3, 0.4) is 0 Å².